The molecule has 0 radical (unpaired) electrons. The highest BCUT2D eigenvalue weighted by Gasteiger charge is 2.41. The van der Waals surface area contributed by atoms with Crippen LogP contribution in [0.5, 0.6) is 0 Å². The Morgan fingerprint density at radius 1 is 0.864 bits per heavy atom. The molecule has 0 bridgehead atoms. The third-order valence-corrected chi connectivity index (χ3v) is 5.66. The van der Waals surface area contributed by atoms with Crippen LogP contribution in [0.1, 0.15) is 82.1 Å². The molecule has 4 heterocycles. The molecule has 6 amide bonds. The SMILES string of the molecule is CC(C)(C)OC(=O)NN1CC(C2=NOC(C)(C)C2)=NN(C(=O)OC(C)(C)C)C1=O.CC1(C)CC(C2=NNC(=O)N(N)C2)=NO1. The summed E-state index contributed by atoms with van der Waals surface area (Å²) in [6, 6.07) is -1.30. The average molecular weight is 623 g/mol. The zero-order valence-corrected chi connectivity index (χ0v) is 26.8. The average Bonchev–Trinajstić information content (AvgIpc) is 3.41. The van der Waals surface area contributed by atoms with Crippen molar-refractivity contribution in [3.63, 3.8) is 0 Å². The number of imide groups is 1. The zero-order chi connectivity index (χ0) is 33.3. The smallest absolute Gasteiger partial charge is 0.439 e. The summed E-state index contributed by atoms with van der Waals surface area (Å²) in [5.41, 5.74) is 4.31. The molecule has 44 heavy (non-hydrogen) atoms. The topological polar surface area (TPSA) is 214 Å². The standard InChI is InChI=1S/C18H29N5O6.C8H13N5O2/c1-16(2,3)27-13(24)20-22-10-12(11-9-18(7,8)29-21-11)19-23(14(22)25)15(26)28-17(4,5)6;1-8(2)3-5(12-15-8)6-4-13(9)7(14)11-10-6/h9-10H2,1-8H3,(H,20,24);3-4,9H2,1-2H3,(H,11,14). The van der Waals surface area contributed by atoms with Gasteiger partial charge in [0.2, 0.25) is 0 Å². The highest BCUT2D eigenvalue weighted by atomic mass is 16.7. The van der Waals surface area contributed by atoms with E-state index in [0.29, 0.717) is 29.3 Å². The van der Waals surface area contributed by atoms with Crippen LogP contribution in [-0.4, -0.2) is 97.6 Å². The number of carbonyl (C=O) groups is 4. The Kier molecular flexibility index (Phi) is 9.47. The number of ether oxygens (including phenoxy) is 2. The monoisotopic (exact) mass is 622 g/mol. The van der Waals surface area contributed by atoms with Crippen LogP contribution in [0.15, 0.2) is 20.5 Å². The van der Waals surface area contributed by atoms with E-state index in [2.05, 4.69) is 31.4 Å². The van der Waals surface area contributed by atoms with Gasteiger partial charge in [-0.25, -0.2) is 40.9 Å². The van der Waals surface area contributed by atoms with Gasteiger partial charge in [0.05, 0.1) is 13.1 Å². The van der Waals surface area contributed by atoms with Crippen LogP contribution in [0.25, 0.3) is 0 Å². The predicted octanol–water partition coefficient (Wildman–Crippen LogP) is 2.81. The van der Waals surface area contributed by atoms with E-state index >= 15 is 0 Å². The predicted molar refractivity (Wildman–Crippen MR) is 158 cm³/mol. The summed E-state index contributed by atoms with van der Waals surface area (Å²) in [7, 11) is 0. The third kappa shape index (κ3) is 9.51. The summed E-state index contributed by atoms with van der Waals surface area (Å²) in [5, 5.41) is 18.5. The number of carbonyl (C=O) groups excluding carboxylic acids is 4. The fourth-order valence-electron chi connectivity index (χ4n) is 3.80. The second kappa shape index (κ2) is 12.3. The van der Waals surface area contributed by atoms with Crippen LogP contribution >= 0.6 is 0 Å². The van der Waals surface area contributed by atoms with E-state index in [4.69, 9.17) is 25.0 Å². The molecule has 0 saturated heterocycles. The summed E-state index contributed by atoms with van der Waals surface area (Å²) >= 11 is 0. The Morgan fingerprint density at radius 3 is 1.84 bits per heavy atom. The van der Waals surface area contributed by atoms with Gasteiger partial charge in [-0.1, -0.05) is 10.3 Å². The van der Waals surface area contributed by atoms with E-state index in [1.165, 1.54) is 0 Å². The van der Waals surface area contributed by atoms with Crippen molar-refractivity contribution in [2.24, 2.45) is 26.4 Å². The molecule has 0 atom stereocenters. The van der Waals surface area contributed by atoms with E-state index < -0.39 is 41.1 Å². The Labute approximate surface area is 255 Å². The molecule has 0 saturated carbocycles. The zero-order valence-electron chi connectivity index (χ0n) is 26.8. The van der Waals surface area contributed by atoms with Crippen molar-refractivity contribution in [1.82, 2.24) is 25.9 Å². The Bertz CT molecular complexity index is 1310. The first-order valence-corrected chi connectivity index (χ1v) is 13.9. The molecule has 0 aliphatic carbocycles. The number of rotatable bonds is 3. The lowest BCUT2D eigenvalue weighted by Crippen LogP contribution is -2.59. The maximum absolute atomic E-state index is 12.7. The molecule has 0 unspecified atom stereocenters. The molecule has 18 nitrogen and oxygen atoms in total. The van der Waals surface area contributed by atoms with Crippen LogP contribution in [0, 0.1) is 0 Å². The number of nitrogens with zero attached hydrogens (tertiary/aromatic N) is 7. The van der Waals surface area contributed by atoms with Gasteiger partial charge < -0.3 is 19.1 Å². The minimum atomic E-state index is -0.977. The summed E-state index contributed by atoms with van der Waals surface area (Å²) < 4.78 is 10.4. The lowest BCUT2D eigenvalue weighted by Gasteiger charge is -2.33. The summed E-state index contributed by atoms with van der Waals surface area (Å²) in [5.74, 6) is 5.45. The molecule has 18 heteroatoms. The van der Waals surface area contributed by atoms with E-state index in [1.807, 2.05) is 27.7 Å². The summed E-state index contributed by atoms with van der Waals surface area (Å²) in [6.45, 7) is 17.8. The van der Waals surface area contributed by atoms with Gasteiger partial charge in [-0.15, -0.1) is 5.01 Å². The van der Waals surface area contributed by atoms with Crippen LogP contribution in [0.2, 0.25) is 0 Å². The normalized spacial score (nSPS) is 20.9. The highest BCUT2D eigenvalue weighted by Crippen LogP contribution is 2.25. The molecule has 0 spiro atoms. The largest absolute Gasteiger partial charge is 0.443 e. The molecule has 0 aromatic carbocycles. The molecular formula is C26H42N10O8. The minimum absolute atomic E-state index is 0.115. The number of urea groups is 2. The van der Waals surface area contributed by atoms with E-state index in [1.54, 1.807) is 41.5 Å². The number of amides is 6. The van der Waals surface area contributed by atoms with Crippen molar-refractivity contribution >= 4 is 47.1 Å². The van der Waals surface area contributed by atoms with Crippen molar-refractivity contribution in [1.29, 1.82) is 0 Å². The lowest BCUT2D eigenvalue weighted by molar-refractivity contribution is 0.0120. The van der Waals surface area contributed by atoms with Crippen molar-refractivity contribution < 1.29 is 38.3 Å². The molecule has 4 aliphatic rings. The van der Waals surface area contributed by atoms with Gasteiger partial charge in [-0.05, 0) is 69.2 Å². The Hall–Kier alpha value is -4.48. The number of hydrogen-bond donors (Lipinski definition) is 3. The van der Waals surface area contributed by atoms with Gasteiger partial charge >= 0.3 is 24.2 Å². The van der Waals surface area contributed by atoms with Gasteiger partial charge in [0.15, 0.2) is 0 Å². The maximum atomic E-state index is 12.7. The van der Waals surface area contributed by atoms with Crippen molar-refractivity contribution in [3.05, 3.63) is 0 Å². The summed E-state index contributed by atoms with van der Waals surface area (Å²) in [6.07, 6.45) is -0.742. The first-order chi connectivity index (χ1) is 20.0. The van der Waals surface area contributed by atoms with Crippen LogP contribution in [0.3, 0.4) is 0 Å². The Balaban J connectivity index is 0.000000293. The number of hydrazine groups is 2. The summed E-state index contributed by atoms with van der Waals surface area (Å²) in [4.78, 5) is 58.9. The fraction of sp³-hybridized carbons (Fsp3) is 0.692. The van der Waals surface area contributed by atoms with Gasteiger partial charge in [0.1, 0.15) is 45.3 Å². The van der Waals surface area contributed by atoms with Gasteiger partial charge in [0, 0.05) is 12.8 Å². The molecule has 0 fully saturated rings. The first kappa shape index (κ1) is 34.0. The molecule has 4 N–H and O–H groups in total. The number of nitrogens with two attached hydrogens (primary N) is 1. The number of hydrogen-bond acceptors (Lipinski definition) is 13. The van der Waals surface area contributed by atoms with E-state index in [-0.39, 0.29) is 24.4 Å². The number of hydrazone groups is 2. The highest BCUT2D eigenvalue weighted by molar-refractivity contribution is 6.44. The second-order valence-corrected chi connectivity index (χ2v) is 13.6. The molecule has 0 aromatic rings. The first-order valence-electron chi connectivity index (χ1n) is 13.9. The number of oxime groups is 2. The van der Waals surface area contributed by atoms with Crippen LogP contribution < -0.4 is 16.7 Å². The van der Waals surface area contributed by atoms with Crippen molar-refractivity contribution in [3.8, 4) is 0 Å². The van der Waals surface area contributed by atoms with Crippen LogP contribution in [0.4, 0.5) is 19.2 Å². The number of nitrogens with one attached hydrogen (secondary N) is 2. The maximum Gasteiger partial charge on any atom is 0.439 e. The second-order valence-electron chi connectivity index (χ2n) is 13.6. The van der Waals surface area contributed by atoms with Crippen molar-refractivity contribution in [2.75, 3.05) is 13.1 Å². The lowest BCUT2D eigenvalue weighted by atomic mass is 10.00. The molecule has 4 rings (SSSR count). The Morgan fingerprint density at radius 2 is 1.39 bits per heavy atom. The van der Waals surface area contributed by atoms with E-state index in [0.717, 1.165) is 15.7 Å². The van der Waals surface area contributed by atoms with Gasteiger partial charge in [0.25, 0.3) is 0 Å². The molecule has 4 aliphatic heterocycles. The van der Waals surface area contributed by atoms with E-state index in [9.17, 15) is 19.2 Å². The van der Waals surface area contributed by atoms with Gasteiger partial charge in [-0.2, -0.15) is 10.2 Å². The fourth-order valence-corrected chi connectivity index (χ4v) is 3.80. The van der Waals surface area contributed by atoms with Gasteiger partial charge in [-0.3, -0.25) is 5.01 Å². The quantitative estimate of drug-likeness (QED) is 0.311. The van der Waals surface area contributed by atoms with Crippen molar-refractivity contribution in [2.45, 2.75) is 104 Å². The van der Waals surface area contributed by atoms with Crippen LogP contribution in [-0.2, 0) is 19.1 Å². The third-order valence-electron chi connectivity index (χ3n) is 5.66. The molecule has 244 valence electrons. The minimum Gasteiger partial charge on any atom is -0.443 e. The molecule has 0 aromatic heterocycles. The molecular weight excluding hydrogens is 580 g/mol.